The maximum Gasteiger partial charge on any atom is 0.329 e. The minimum Gasteiger partial charge on any atom is -0.455 e. The van der Waals surface area contributed by atoms with Crippen LogP contribution in [-0.4, -0.2) is 127 Å². The van der Waals surface area contributed by atoms with Crippen LogP contribution >= 0.6 is 0 Å². The Morgan fingerprint density at radius 1 is 0.818 bits per heavy atom. The van der Waals surface area contributed by atoms with Gasteiger partial charge in [-0.1, -0.05) is 88.7 Å². The van der Waals surface area contributed by atoms with Crippen molar-refractivity contribution in [2.75, 3.05) is 64.8 Å². The Kier molecular flexibility index (Phi) is 14.9. The summed E-state index contributed by atoms with van der Waals surface area (Å²) >= 11 is 0. The van der Waals surface area contributed by atoms with Crippen molar-refractivity contribution >= 4 is 29.4 Å². The van der Waals surface area contributed by atoms with E-state index in [0.29, 0.717) is 31.5 Å². The Labute approximate surface area is 329 Å². The first-order chi connectivity index (χ1) is 26.3. The summed E-state index contributed by atoms with van der Waals surface area (Å²) in [5.41, 5.74) is 2.62. The van der Waals surface area contributed by atoms with Gasteiger partial charge in [0, 0.05) is 57.6 Å². The molecular formula is C44H64N6O5. The summed E-state index contributed by atoms with van der Waals surface area (Å²) < 4.78 is 6.32. The molecule has 3 amide bonds. The van der Waals surface area contributed by atoms with Gasteiger partial charge in [-0.3, -0.25) is 24.2 Å². The molecule has 11 nitrogen and oxygen atoms in total. The number of likely N-dealkylation sites (N-methyl/N-ethyl adjacent to an activating group) is 2. The van der Waals surface area contributed by atoms with Gasteiger partial charge in [0.25, 0.3) is 0 Å². The van der Waals surface area contributed by atoms with E-state index >= 15 is 0 Å². The second kappa shape index (κ2) is 19.6. The number of rotatable bonds is 14. The Hall–Kier alpha value is -4.22. The fourth-order valence-corrected chi connectivity index (χ4v) is 8.26. The smallest absolute Gasteiger partial charge is 0.329 e. The third kappa shape index (κ3) is 10.8. The summed E-state index contributed by atoms with van der Waals surface area (Å²) in [7, 11) is 3.71. The predicted octanol–water partition coefficient (Wildman–Crippen LogP) is 5.14. The quantitative estimate of drug-likeness (QED) is 0.209. The third-order valence-corrected chi connectivity index (χ3v) is 11.7. The van der Waals surface area contributed by atoms with Gasteiger partial charge in [0.15, 0.2) is 0 Å². The molecule has 0 bridgehead atoms. The molecule has 0 saturated carbocycles. The third-order valence-electron chi connectivity index (χ3n) is 11.7. The summed E-state index contributed by atoms with van der Waals surface area (Å²) in [5, 5.41) is 3.07. The highest BCUT2D eigenvalue weighted by molar-refractivity contribution is 5.96. The van der Waals surface area contributed by atoms with E-state index in [4.69, 9.17) is 4.74 Å². The maximum absolute atomic E-state index is 14.1. The molecule has 2 aromatic rings. The van der Waals surface area contributed by atoms with Crippen molar-refractivity contribution < 1.29 is 23.9 Å². The highest BCUT2D eigenvalue weighted by Gasteiger charge is 2.39. The van der Waals surface area contributed by atoms with E-state index in [2.05, 4.69) is 44.3 Å². The first-order valence-corrected chi connectivity index (χ1v) is 20.4. The van der Waals surface area contributed by atoms with Crippen molar-refractivity contribution in [3.63, 3.8) is 0 Å². The van der Waals surface area contributed by atoms with Crippen LogP contribution in [0.15, 0.2) is 72.3 Å². The molecule has 1 N–H and O–H groups in total. The molecule has 3 aliphatic rings. The molecule has 2 aromatic carbocycles. The van der Waals surface area contributed by atoms with Crippen LogP contribution in [0.3, 0.4) is 0 Å². The summed E-state index contributed by atoms with van der Waals surface area (Å²) in [5.74, 6) is -1.05. The van der Waals surface area contributed by atoms with Crippen LogP contribution in [0.2, 0.25) is 0 Å². The van der Waals surface area contributed by atoms with Gasteiger partial charge >= 0.3 is 5.97 Å². The molecular weight excluding hydrogens is 693 g/mol. The summed E-state index contributed by atoms with van der Waals surface area (Å²) in [4.78, 5) is 65.5. The van der Waals surface area contributed by atoms with Gasteiger partial charge in [0.1, 0.15) is 18.2 Å². The Balaban J connectivity index is 1.24. The van der Waals surface area contributed by atoms with Crippen LogP contribution in [0, 0.1) is 11.8 Å². The highest BCUT2D eigenvalue weighted by Crippen LogP contribution is 2.27. The number of amides is 3. The molecule has 55 heavy (non-hydrogen) atoms. The van der Waals surface area contributed by atoms with E-state index < -0.39 is 24.2 Å². The second-order valence-corrected chi connectivity index (χ2v) is 16.4. The zero-order chi connectivity index (χ0) is 39.6. The number of benzene rings is 2. The number of piperidine rings is 1. The van der Waals surface area contributed by atoms with Crippen LogP contribution in [0.1, 0.15) is 78.4 Å². The Bertz CT molecular complexity index is 1610. The van der Waals surface area contributed by atoms with Crippen molar-refractivity contribution in [1.29, 1.82) is 0 Å². The summed E-state index contributed by atoms with van der Waals surface area (Å²) in [6, 6.07) is 18.3. The van der Waals surface area contributed by atoms with Gasteiger partial charge < -0.3 is 24.8 Å². The number of anilines is 1. The molecule has 3 aliphatic heterocycles. The molecule has 3 fully saturated rings. The van der Waals surface area contributed by atoms with E-state index in [1.165, 1.54) is 5.69 Å². The lowest BCUT2D eigenvalue weighted by molar-refractivity contribution is -0.158. The number of para-hydroxylation sites is 1. The van der Waals surface area contributed by atoms with Crippen molar-refractivity contribution in [2.24, 2.45) is 11.8 Å². The molecule has 3 heterocycles. The van der Waals surface area contributed by atoms with E-state index in [-0.39, 0.29) is 41.6 Å². The number of carbonyl (C=O) groups excluding carboxylic acids is 4. The van der Waals surface area contributed by atoms with E-state index in [0.717, 1.165) is 57.5 Å². The topological polar surface area (TPSA) is 106 Å². The zero-order valence-corrected chi connectivity index (χ0v) is 34.2. The lowest BCUT2D eigenvalue weighted by Crippen LogP contribution is -2.57. The van der Waals surface area contributed by atoms with Gasteiger partial charge in [0.05, 0.1) is 12.1 Å². The standard InChI is InChI=1S/C44H64N6O5/c1-31(2)38(47(7)43(53)40(32(3)4)45-41(51)36-21-14-15-23-46(36)6)29-33(5)42(52)50-24-16-22-37(50)44(54)55-39(34-17-10-8-11-18-34)30-48-25-27-49(28-26-48)35-19-12-9-13-20-35/h8-13,17-20,29,31-32,36-40H,14-16,21-28,30H2,1-7H3,(H,45,51)/b33-29+/t36-,37+,38-,39?,40+/m1/s1. The number of nitrogens with zero attached hydrogens (tertiary/aromatic N) is 5. The average molecular weight is 757 g/mol. The summed E-state index contributed by atoms with van der Waals surface area (Å²) in [6.45, 7) is 15.1. The predicted molar refractivity (Wildman–Crippen MR) is 217 cm³/mol. The van der Waals surface area contributed by atoms with E-state index in [9.17, 15) is 19.2 Å². The number of esters is 1. The number of nitrogens with one attached hydrogen (secondary N) is 1. The molecule has 0 radical (unpaired) electrons. The van der Waals surface area contributed by atoms with E-state index in [1.807, 2.05) is 77.2 Å². The molecule has 11 heteroatoms. The lowest BCUT2D eigenvalue weighted by Gasteiger charge is -2.37. The number of carbonyl (C=O) groups is 4. The molecule has 300 valence electrons. The van der Waals surface area contributed by atoms with Crippen molar-refractivity contribution in [3.05, 3.63) is 77.9 Å². The van der Waals surface area contributed by atoms with E-state index in [1.54, 1.807) is 23.8 Å². The van der Waals surface area contributed by atoms with Crippen molar-refractivity contribution in [2.45, 2.75) is 97.0 Å². The van der Waals surface area contributed by atoms with Gasteiger partial charge in [0.2, 0.25) is 17.7 Å². The molecule has 3 saturated heterocycles. The SMILES string of the molecule is C/C(=C\[C@H](C(C)C)N(C)C(=O)[C@@H](NC(=O)[C@H]1CCCCN1C)C(C)C)C(=O)N1CCC[C@H]1C(=O)OC(CN1CCN(c2ccccc2)CC1)c1ccccc1. The van der Waals surface area contributed by atoms with Crippen molar-refractivity contribution in [1.82, 2.24) is 24.9 Å². The fraction of sp³-hybridized carbons (Fsp3) is 0.591. The number of hydrogen-bond acceptors (Lipinski definition) is 8. The Morgan fingerprint density at radius 3 is 2.07 bits per heavy atom. The minimum absolute atomic E-state index is 0.00905. The maximum atomic E-state index is 14.1. The minimum atomic E-state index is -0.693. The normalized spacial score (nSPS) is 21.7. The number of piperazine rings is 1. The first kappa shape index (κ1) is 41.9. The fourth-order valence-electron chi connectivity index (χ4n) is 8.26. The number of hydrogen-bond donors (Lipinski definition) is 1. The lowest BCUT2D eigenvalue weighted by atomic mass is 9.96. The second-order valence-electron chi connectivity index (χ2n) is 16.4. The van der Waals surface area contributed by atoms with Crippen LogP contribution in [0.4, 0.5) is 5.69 Å². The molecule has 0 spiro atoms. The first-order valence-electron chi connectivity index (χ1n) is 20.4. The number of likely N-dealkylation sites (tertiary alicyclic amines) is 2. The van der Waals surface area contributed by atoms with Crippen LogP contribution < -0.4 is 10.2 Å². The van der Waals surface area contributed by atoms with Gasteiger partial charge in [-0.2, -0.15) is 0 Å². The number of ether oxygens (including phenoxy) is 1. The van der Waals surface area contributed by atoms with Crippen LogP contribution in [0.5, 0.6) is 0 Å². The molecule has 0 aliphatic carbocycles. The van der Waals surface area contributed by atoms with Gasteiger partial charge in [-0.15, -0.1) is 0 Å². The molecule has 1 unspecified atom stereocenters. The highest BCUT2D eigenvalue weighted by atomic mass is 16.5. The van der Waals surface area contributed by atoms with Crippen molar-refractivity contribution in [3.8, 4) is 0 Å². The average Bonchev–Trinajstić information content (AvgIpc) is 3.69. The molecule has 5 atom stereocenters. The monoisotopic (exact) mass is 756 g/mol. The van der Waals surface area contributed by atoms with Gasteiger partial charge in [-0.25, -0.2) is 4.79 Å². The zero-order valence-electron chi connectivity index (χ0n) is 34.2. The molecule has 5 rings (SSSR count). The van der Waals surface area contributed by atoms with Crippen LogP contribution in [0.25, 0.3) is 0 Å². The molecule has 0 aromatic heterocycles. The van der Waals surface area contributed by atoms with Crippen LogP contribution in [-0.2, 0) is 23.9 Å². The Morgan fingerprint density at radius 2 is 1.45 bits per heavy atom. The largest absolute Gasteiger partial charge is 0.455 e. The van der Waals surface area contributed by atoms with Gasteiger partial charge in [-0.05, 0) is 75.7 Å². The summed E-state index contributed by atoms with van der Waals surface area (Å²) in [6.07, 6.45) is 5.46.